The van der Waals surface area contributed by atoms with E-state index >= 15 is 0 Å². The fourth-order valence-electron chi connectivity index (χ4n) is 3.70. The number of hydrogen-bond acceptors (Lipinski definition) is 5. The van der Waals surface area contributed by atoms with Gasteiger partial charge in [-0.3, -0.25) is 9.59 Å². The highest BCUT2D eigenvalue weighted by molar-refractivity contribution is 6.09. The highest BCUT2D eigenvalue weighted by Crippen LogP contribution is 2.30. The number of carboxylic acids is 1. The molecule has 0 bridgehead atoms. The van der Waals surface area contributed by atoms with E-state index in [1.54, 1.807) is 60.5 Å². The number of hydrogen-bond donors (Lipinski definition) is 2. The van der Waals surface area contributed by atoms with Crippen LogP contribution in [-0.2, 0) is 11.2 Å². The van der Waals surface area contributed by atoms with Crippen LogP contribution in [0.5, 0.6) is 5.75 Å². The summed E-state index contributed by atoms with van der Waals surface area (Å²) in [6.07, 6.45) is 0.352. The van der Waals surface area contributed by atoms with Crippen molar-refractivity contribution in [1.82, 2.24) is 9.78 Å². The van der Waals surface area contributed by atoms with Crippen LogP contribution in [0.15, 0.2) is 48.5 Å². The Morgan fingerprint density at radius 2 is 1.70 bits per heavy atom. The summed E-state index contributed by atoms with van der Waals surface area (Å²) < 4.78 is 6.56. The SMILES string of the molecule is COc1ccc(-n2nc(C(=O)O)c3c2C(=O)N(c2ccc(NC(=O)C(C)C)cc2)CC3)cc1. The molecule has 0 fully saturated rings. The molecule has 2 amide bonds. The maximum absolute atomic E-state index is 13.5. The van der Waals surface area contributed by atoms with Gasteiger partial charge < -0.3 is 20.1 Å². The van der Waals surface area contributed by atoms with Gasteiger partial charge in [-0.15, -0.1) is 0 Å². The lowest BCUT2D eigenvalue weighted by Gasteiger charge is -2.28. The minimum atomic E-state index is -1.18. The van der Waals surface area contributed by atoms with E-state index in [1.165, 1.54) is 4.68 Å². The van der Waals surface area contributed by atoms with E-state index < -0.39 is 5.97 Å². The van der Waals surface area contributed by atoms with Crippen LogP contribution in [0, 0.1) is 5.92 Å². The van der Waals surface area contributed by atoms with Crippen LogP contribution in [0.25, 0.3) is 5.69 Å². The Kier molecular flexibility index (Phi) is 5.87. The molecule has 4 rings (SSSR count). The summed E-state index contributed by atoms with van der Waals surface area (Å²) in [5.74, 6) is -1.12. The van der Waals surface area contributed by atoms with Crippen LogP contribution < -0.4 is 15.0 Å². The largest absolute Gasteiger partial charge is 0.497 e. The highest BCUT2D eigenvalue weighted by atomic mass is 16.5. The van der Waals surface area contributed by atoms with Crippen molar-refractivity contribution in [2.75, 3.05) is 23.9 Å². The highest BCUT2D eigenvalue weighted by Gasteiger charge is 2.35. The zero-order valence-electron chi connectivity index (χ0n) is 18.5. The van der Waals surface area contributed by atoms with Gasteiger partial charge in [-0.05, 0) is 55.0 Å². The summed E-state index contributed by atoms with van der Waals surface area (Å²) in [6, 6.07) is 13.9. The first kappa shape index (κ1) is 22.1. The number of nitrogens with zero attached hydrogens (tertiary/aromatic N) is 3. The predicted octanol–water partition coefficient (Wildman–Crippen LogP) is 3.38. The van der Waals surface area contributed by atoms with E-state index in [0.29, 0.717) is 41.3 Å². The normalized spacial score (nSPS) is 13.1. The number of amides is 2. The van der Waals surface area contributed by atoms with Crippen LogP contribution in [0.1, 0.15) is 40.4 Å². The number of aromatic carboxylic acids is 1. The molecule has 9 nitrogen and oxygen atoms in total. The molecule has 2 heterocycles. The van der Waals surface area contributed by atoms with Crippen LogP contribution in [0.3, 0.4) is 0 Å². The molecule has 0 radical (unpaired) electrons. The lowest BCUT2D eigenvalue weighted by molar-refractivity contribution is -0.118. The van der Waals surface area contributed by atoms with Gasteiger partial charge in [0.2, 0.25) is 5.91 Å². The molecule has 33 heavy (non-hydrogen) atoms. The van der Waals surface area contributed by atoms with Crippen LogP contribution >= 0.6 is 0 Å². The zero-order valence-corrected chi connectivity index (χ0v) is 18.5. The second kappa shape index (κ2) is 8.78. The molecule has 3 aromatic rings. The monoisotopic (exact) mass is 448 g/mol. The number of anilines is 2. The van der Waals surface area contributed by atoms with Crippen molar-refractivity contribution in [3.05, 3.63) is 65.5 Å². The number of ether oxygens (including phenoxy) is 1. The lowest BCUT2D eigenvalue weighted by Crippen LogP contribution is -2.39. The first-order valence-electron chi connectivity index (χ1n) is 10.5. The Bertz CT molecular complexity index is 1210. The molecule has 0 atom stereocenters. The third-order valence-electron chi connectivity index (χ3n) is 5.51. The zero-order chi connectivity index (χ0) is 23.7. The molecular formula is C24H24N4O5. The van der Waals surface area contributed by atoms with Gasteiger partial charge in [-0.2, -0.15) is 5.10 Å². The third-order valence-corrected chi connectivity index (χ3v) is 5.51. The van der Waals surface area contributed by atoms with Crippen molar-refractivity contribution in [1.29, 1.82) is 0 Å². The van der Waals surface area contributed by atoms with Gasteiger partial charge in [0.25, 0.3) is 5.91 Å². The lowest BCUT2D eigenvalue weighted by atomic mass is 10.0. The average Bonchev–Trinajstić information content (AvgIpc) is 3.21. The fraction of sp³-hybridized carbons (Fsp3) is 0.250. The van der Waals surface area contributed by atoms with Gasteiger partial charge in [-0.25, -0.2) is 9.48 Å². The molecule has 2 aromatic carbocycles. The van der Waals surface area contributed by atoms with Crippen molar-refractivity contribution in [2.24, 2.45) is 5.92 Å². The summed E-state index contributed by atoms with van der Waals surface area (Å²) in [4.78, 5) is 38.8. The summed E-state index contributed by atoms with van der Waals surface area (Å²) in [6.45, 7) is 3.94. The molecule has 1 aliphatic heterocycles. The van der Waals surface area contributed by atoms with E-state index in [0.717, 1.165) is 0 Å². The van der Waals surface area contributed by atoms with Crippen molar-refractivity contribution < 1.29 is 24.2 Å². The second-order valence-electron chi connectivity index (χ2n) is 7.99. The molecule has 1 aromatic heterocycles. The number of methoxy groups -OCH3 is 1. The summed E-state index contributed by atoms with van der Waals surface area (Å²) in [5.41, 5.74) is 2.36. The average molecular weight is 448 g/mol. The Labute approximate surface area is 190 Å². The molecule has 170 valence electrons. The number of nitrogens with one attached hydrogen (secondary N) is 1. The van der Waals surface area contributed by atoms with Gasteiger partial charge in [0.1, 0.15) is 11.4 Å². The number of benzene rings is 2. The number of aromatic nitrogens is 2. The molecule has 0 saturated carbocycles. The van der Waals surface area contributed by atoms with Gasteiger partial charge in [0, 0.05) is 29.4 Å². The predicted molar refractivity (Wildman–Crippen MR) is 122 cm³/mol. The first-order chi connectivity index (χ1) is 15.8. The van der Waals surface area contributed by atoms with Crippen molar-refractivity contribution in [3.63, 3.8) is 0 Å². The Morgan fingerprint density at radius 1 is 1.06 bits per heavy atom. The summed E-state index contributed by atoms with van der Waals surface area (Å²) >= 11 is 0. The quantitative estimate of drug-likeness (QED) is 0.598. The number of fused-ring (bicyclic) bond motifs is 1. The smallest absolute Gasteiger partial charge is 0.356 e. The fourth-order valence-corrected chi connectivity index (χ4v) is 3.70. The van der Waals surface area contributed by atoms with Gasteiger partial charge >= 0.3 is 5.97 Å². The minimum absolute atomic E-state index is 0.0916. The van der Waals surface area contributed by atoms with E-state index in [2.05, 4.69) is 10.4 Å². The Hall–Kier alpha value is -4.14. The van der Waals surface area contributed by atoms with E-state index in [1.807, 2.05) is 13.8 Å². The first-order valence-corrected chi connectivity index (χ1v) is 10.5. The van der Waals surface area contributed by atoms with Crippen LogP contribution in [0.2, 0.25) is 0 Å². The van der Waals surface area contributed by atoms with E-state index in [9.17, 15) is 19.5 Å². The standard InChI is InChI=1S/C24H24N4O5/c1-14(2)22(29)25-15-4-6-16(7-5-15)27-13-12-19-20(24(31)32)26-28(21(19)23(27)30)17-8-10-18(33-3)11-9-17/h4-11,14H,12-13H2,1-3H3,(H,25,29)(H,31,32). The van der Waals surface area contributed by atoms with Crippen LogP contribution in [0.4, 0.5) is 11.4 Å². The molecule has 0 aliphatic carbocycles. The molecule has 0 spiro atoms. The van der Waals surface area contributed by atoms with Crippen molar-refractivity contribution >= 4 is 29.2 Å². The molecule has 0 saturated heterocycles. The van der Waals surface area contributed by atoms with Crippen LogP contribution in [-0.4, -0.2) is 46.3 Å². The van der Waals surface area contributed by atoms with Crippen molar-refractivity contribution in [2.45, 2.75) is 20.3 Å². The van der Waals surface area contributed by atoms with Gasteiger partial charge in [0.05, 0.1) is 12.8 Å². The third kappa shape index (κ3) is 4.17. The number of rotatable bonds is 6. The number of carbonyl (C=O) groups excluding carboxylic acids is 2. The molecule has 2 N–H and O–H groups in total. The molecule has 9 heteroatoms. The minimum Gasteiger partial charge on any atom is -0.497 e. The Morgan fingerprint density at radius 3 is 2.27 bits per heavy atom. The van der Waals surface area contributed by atoms with E-state index in [-0.39, 0.29) is 29.1 Å². The van der Waals surface area contributed by atoms with Crippen molar-refractivity contribution in [3.8, 4) is 11.4 Å². The molecular weight excluding hydrogens is 424 g/mol. The van der Waals surface area contributed by atoms with E-state index in [4.69, 9.17) is 4.74 Å². The summed E-state index contributed by atoms with van der Waals surface area (Å²) in [5, 5.41) is 16.7. The molecule has 0 unspecified atom stereocenters. The van der Waals surface area contributed by atoms with Gasteiger partial charge in [-0.1, -0.05) is 13.8 Å². The summed E-state index contributed by atoms with van der Waals surface area (Å²) in [7, 11) is 1.55. The Balaban J connectivity index is 1.69. The number of carboxylic acid groups (broad SMARTS) is 1. The second-order valence-corrected chi connectivity index (χ2v) is 7.99. The maximum atomic E-state index is 13.5. The molecule has 1 aliphatic rings. The number of carbonyl (C=O) groups is 3. The topological polar surface area (TPSA) is 114 Å². The van der Waals surface area contributed by atoms with Gasteiger partial charge in [0.15, 0.2) is 5.69 Å². The maximum Gasteiger partial charge on any atom is 0.356 e.